The molecule has 0 amide bonds. The van der Waals surface area contributed by atoms with Crippen LogP contribution in [0.1, 0.15) is 0 Å². The Kier molecular flexibility index (Phi) is 5.17. The summed E-state index contributed by atoms with van der Waals surface area (Å²) in [5.41, 5.74) is 8.39. The van der Waals surface area contributed by atoms with Gasteiger partial charge < -0.3 is 4.57 Å². The first-order valence-corrected chi connectivity index (χ1v) is 12.4. The quantitative estimate of drug-likeness (QED) is 0.206. The molecule has 0 aliphatic carbocycles. The molecule has 1 nitrogen and oxygen atoms in total. The summed E-state index contributed by atoms with van der Waals surface area (Å²) < 4.78 is 4.58. The van der Waals surface area contributed by atoms with Crippen molar-refractivity contribution in [1.82, 2.24) is 4.57 Å². The second kappa shape index (κ2) is 8.33. The summed E-state index contributed by atoms with van der Waals surface area (Å²) in [6, 6.07) is 41.0. The fourth-order valence-electron chi connectivity index (χ4n) is 4.69. The maximum atomic E-state index is 3.68. The highest BCUT2D eigenvalue weighted by molar-refractivity contribution is 9.10. The van der Waals surface area contributed by atoms with Gasteiger partial charge in [0.15, 0.2) is 0 Å². The zero-order valence-electron chi connectivity index (χ0n) is 17.7. The second-order valence-corrected chi connectivity index (χ2v) is 9.92. The van der Waals surface area contributed by atoms with Crippen LogP contribution in [0.25, 0.3) is 49.7 Å². The van der Waals surface area contributed by atoms with E-state index in [1.54, 1.807) is 0 Å². The number of fused-ring (bicyclic) bond motifs is 3. The number of hydrogen-bond donors (Lipinski definition) is 0. The van der Waals surface area contributed by atoms with Crippen LogP contribution in [0.5, 0.6) is 0 Å². The van der Waals surface area contributed by atoms with Gasteiger partial charge in [-0.05, 0) is 47.5 Å². The third-order valence-electron chi connectivity index (χ3n) is 6.12. The Hall–Kier alpha value is -3.14. The largest absolute Gasteiger partial charge is 0.308 e. The van der Waals surface area contributed by atoms with E-state index in [1.807, 2.05) is 0 Å². The van der Waals surface area contributed by atoms with Crippen molar-refractivity contribution in [3.63, 3.8) is 0 Å². The van der Waals surface area contributed by atoms with Gasteiger partial charge in [0, 0.05) is 30.8 Å². The van der Waals surface area contributed by atoms with Crippen LogP contribution >= 0.6 is 31.9 Å². The maximum absolute atomic E-state index is 3.68. The van der Waals surface area contributed by atoms with Crippen molar-refractivity contribution < 1.29 is 0 Å². The van der Waals surface area contributed by atoms with E-state index in [0.29, 0.717) is 0 Å². The van der Waals surface area contributed by atoms with Gasteiger partial charge in [0.05, 0.1) is 16.7 Å². The smallest absolute Gasteiger partial charge is 0.0618 e. The van der Waals surface area contributed by atoms with E-state index in [0.717, 1.165) is 8.95 Å². The molecule has 1 aromatic heterocycles. The average molecular weight is 553 g/mol. The first-order chi connectivity index (χ1) is 16.2. The predicted molar refractivity (Wildman–Crippen MR) is 147 cm³/mol. The lowest BCUT2D eigenvalue weighted by Crippen LogP contribution is -2.00. The molecule has 5 aromatic carbocycles. The van der Waals surface area contributed by atoms with Crippen molar-refractivity contribution in [2.24, 2.45) is 0 Å². The molecule has 1 heterocycles. The molecule has 0 unspecified atom stereocenters. The Morgan fingerprint density at radius 3 is 1.36 bits per heavy atom. The molecule has 158 valence electrons. The number of halogens is 2. The SMILES string of the molecule is Brc1ccc2c(c1)c1cc(Br)ccc1n2-c1c(-c2ccccc2)cccc1-c1ccccc1. The molecule has 0 fully saturated rings. The molecule has 0 spiro atoms. The summed E-state index contributed by atoms with van der Waals surface area (Å²) in [7, 11) is 0. The summed E-state index contributed by atoms with van der Waals surface area (Å²) in [5.74, 6) is 0. The third kappa shape index (κ3) is 3.52. The van der Waals surface area contributed by atoms with E-state index in [1.165, 1.54) is 49.7 Å². The van der Waals surface area contributed by atoms with Crippen LogP contribution in [0.4, 0.5) is 0 Å². The molecule has 0 saturated carbocycles. The Morgan fingerprint density at radius 2 is 0.909 bits per heavy atom. The average Bonchev–Trinajstić information content (AvgIpc) is 3.17. The minimum absolute atomic E-state index is 1.08. The Labute approximate surface area is 209 Å². The summed E-state index contributed by atoms with van der Waals surface area (Å²) in [6.45, 7) is 0. The number of benzene rings is 5. The minimum Gasteiger partial charge on any atom is -0.308 e. The van der Waals surface area contributed by atoms with E-state index in [-0.39, 0.29) is 0 Å². The van der Waals surface area contributed by atoms with Crippen molar-refractivity contribution in [1.29, 1.82) is 0 Å². The molecular weight excluding hydrogens is 534 g/mol. The van der Waals surface area contributed by atoms with Gasteiger partial charge in [0.2, 0.25) is 0 Å². The highest BCUT2D eigenvalue weighted by atomic mass is 79.9. The van der Waals surface area contributed by atoms with Crippen molar-refractivity contribution in [2.75, 3.05) is 0 Å². The zero-order chi connectivity index (χ0) is 22.4. The molecule has 0 atom stereocenters. The van der Waals surface area contributed by atoms with Crippen molar-refractivity contribution in [2.45, 2.75) is 0 Å². The van der Waals surface area contributed by atoms with Crippen LogP contribution in [0.3, 0.4) is 0 Å². The third-order valence-corrected chi connectivity index (χ3v) is 7.10. The molecule has 3 heteroatoms. The van der Waals surface area contributed by atoms with E-state index >= 15 is 0 Å². The lowest BCUT2D eigenvalue weighted by molar-refractivity contribution is 1.18. The van der Waals surface area contributed by atoms with E-state index in [9.17, 15) is 0 Å². The fourth-order valence-corrected chi connectivity index (χ4v) is 5.42. The topological polar surface area (TPSA) is 4.93 Å². The Morgan fingerprint density at radius 1 is 0.455 bits per heavy atom. The van der Waals surface area contributed by atoms with E-state index in [4.69, 9.17) is 0 Å². The molecule has 0 bridgehead atoms. The molecule has 0 aliphatic rings. The first-order valence-electron chi connectivity index (χ1n) is 10.8. The van der Waals surface area contributed by atoms with Crippen LogP contribution < -0.4 is 0 Å². The van der Waals surface area contributed by atoms with Gasteiger partial charge in [-0.25, -0.2) is 0 Å². The molecule has 33 heavy (non-hydrogen) atoms. The van der Waals surface area contributed by atoms with Crippen LogP contribution in [-0.2, 0) is 0 Å². The zero-order valence-corrected chi connectivity index (χ0v) is 20.8. The normalized spacial score (nSPS) is 11.3. The highest BCUT2D eigenvalue weighted by Crippen LogP contribution is 2.42. The number of para-hydroxylation sites is 1. The predicted octanol–water partition coefficient (Wildman–Crippen LogP) is 9.64. The second-order valence-electron chi connectivity index (χ2n) is 8.09. The standard InChI is InChI=1S/C30H19Br2N/c31-22-14-16-28-26(18-22)27-19-23(32)15-17-29(27)33(28)30-24(20-8-3-1-4-9-20)12-7-13-25(30)21-10-5-2-6-11-21/h1-19H. The molecular formula is C30H19Br2N. The molecule has 6 aromatic rings. The summed E-state index contributed by atoms with van der Waals surface area (Å²) in [5, 5.41) is 2.45. The molecule has 0 saturated heterocycles. The van der Waals surface area contributed by atoms with Gasteiger partial charge in [-0.1, -0.05) is 111 Å². The van der Waals surface area contributed by atoms with Gasteiger partial charge in [0.1, 0.15) is 0 Å². The van der Waals surface area contributed by atoms with E-state index in [2.05, 4.69) is 152 Å². The number of rotatable bonds is 3. The van der Waals surface area contributed by atoms with Gasteiger partial charge >= 0.3 is 0 Å². The van der Waals surface area contributed by atoms with Crippen LogP contribution in [-0.4, -0.2) is 4.57 Å². The summed E-state index contributed by atoms with van der Waals surface area (Å²) >= 11 is 7.37. The van der Waals surface area contributed by atoms with Crippen LogP contribution in [0.2, 0.25) is 0 Å². The maximum Gasteiger partial charge on any atom is 0.0618 e. The first kappa shape index (κ1) is 20.5. The number of nitrogens with zero attached hydrogens (tertiary/aromatic N) is 1. The van der Waals surface area contributed by atoms with Gasteiger partial charge in [-0.3, -0.25) is 0 Å². The van der Waals surface area contributed by atoms with Crippen molar-refractivity contribution >= 4 is 53.7 Å². The van der Waals surface area contributed by atoms with Crippen molar-refractivity contribution in [3.05, 3.63) is 124 Å². The Bertz CT molecular complexity index is 1500. The van der Waals surface area contributed by atoms with Crippen LogP contribution in [0.15, 0.2) is 124 Å². The summed E-state index contributed by atoms with van der Waals surface area (Å²) in [6.07, 6.45) is 0. The lowest BCUT2D eigenvalue weighted by atomic mass is 9.95. The minimum atomic E-state index is 1.08. The lowest BCUT2D eigenvalue weighted by Gasteiger charge is -2.19. The van der Waals surface area contributed by atoms with E-state index < -0.39 is 0 Å². The molecule has 0 aliphatic heterocycles. The van der Waals surface area contributed by atoms with Gasteiger partial charge in [0.25, 0.3) is 0 Å². The van der Waals surface area contributed by atoms with Crippen LogP contribution in [0, 0.1) is 0 Å². The van der Waals surface area contributed by atoms with Gasteiger partial charge in [-0.2, -0.15) is 0 Å². The molecule has 0 radical (unpaired) electrons. The highest BCUT2D eigenvalue weighted by Gasteiger charge is 2.19. The monoisotopic (exact) mass is 551 g/mol. The number of aromatic nitrogens is 1. The van der Waals surface area contributed by atoms with Gasteiger partial charge in [-0.15, -0.1) is 0 Å². The molecule has 0 N–H and O–H groups in total. The van der Waals surface area contributed by atoms with Crippen molar-refractivity contribution in [3.8, 4) is 27.9 Å². The Balaban J connectivity index is 1.81. The number of hydrogen-bond acceptors (Lipinski definition) is 0. The molecule has 6 rings (SSSR count). The fraction of sp³-hybridized carbons (Fsp3) is 0. The summed E-state index contributed by atoms with van der Waals surface area (Å²) in [4.78, 5) is 0.